The Kier molecular flexibility index (Phi) is 8.07. The molecule has 4 aliphatic rings. The smallest absolute Gasteiger partial charge is 0.321 e. The summed E-state index contributed by atoms with van der Waals surface area (Å²) < 4.78 is 69.2. The zero-order valence-corrected chi connectivity index (χ0v) is 28.3. The third-order valence-electron chi connectivity index (χ3n) is 10.4. The lowest BCUT2D eigenvalue weighted by Gasteiger charge is -2.39. The molecule has 4 aliphatic heterocycles. The van der Waals surface area contributed by atoms with Crippen LogP contribution >= 0.6 is 22.9 Å². The van der Waals surface area contributed by atoms with E-state index in [0.717, 1.165) is 55.0 Å². The minimum Gasteiger partial charge on any atom is -0.461 e. The summed E-state index contributed by atoms with van der Waals surface area (Å²) in [6.45, 7) is 0.572. The highest BCUT2D eigenvalue weighted by Gasteiger charge is 2.46. The van der Waals surface area contributed by atoms with E-state index < -0.39 is 42.7 Å². The number of nitrogens with zero attached hydrogens (tertiary/aromatic N) is 8. The minimum atomic E-state index is -3.39. The summed E-state index contributed by atoms with van der Waals surface area (Å²) in [5.74, 6) is -4.88. The second-order valence-electron chi connectivity index (χ2n) is 13.4. The average molecular weight is 730 g/mol. The molecule has 1 unspecified atom stereocenters. The summed E-state index contributed by atoms with van der Waals surface area (Å²) >= 11 is 7.67. The number of ether oxygens (including phenoxy) is 1. The van der Waals surface area contributed by atoms with Crippen LogP contribution in [0.3, 0.4) is 0 Å². The molecule has 17 heteroatoms. The molecule has 0 bridgehead atoms. The predicted molar refractivity (Wildman–Crippen MR) is 181 cm³/mol. The molecule has 8 rings (SSSR count). The molecule has 0 radical (unpaired) electrons. The molecule has 6 heterocycles. The molecular weight excluding hydrogens is 698 g/mol. The van der Waals surface area contributed by atoms with E-state index in [9.17, 15) is 14.4 Å². The fourth-order valence-electron chi connectivity index (χ4n) is 7.85. The largest absolute Gasteiger partial charge is 0.461 e. The maximum atomic E-state index is 16.9. The first-order valence-electron chi connectivity index (χ1n) is 16.5. The third-order valence-corrected chi connectivity index (χ3v) is 11.6. The first-order valence-corrected chi connectivity index (χ1v) is 17.7. The van der Waals surface area contributed by atoms with Crippen LogP contribution in [0.2, 0.25) is 5.02 Å². The Balaban J connectivity index is 1.22. The summed E-state index contributed by atoms with van der Waals surface area (Å²) in [4.78, 5) is 32.5. The summed E-state index contributed by atoms with van der Waals surface area (Å²) in [5, 5.41) is 9.38. The van der Waals surface area contributed by atoms with Crippen molar-refractivity contribution >= 4 is 61.0 Å². The molecule has 262 valence electrons. The quantitative estimate of drug-likeness (QED) is 0.250. The second kappa shape index (κ2) is 12.2. The van der Waals surface area contributed by atoms with Crippen molar-refractivity contribution in [3.63, 3.8) is 0 Å². The number of fused-ring (bicyclic) bond motifs is 3. The van der Waals surface area contributed by atoms with Crippen LogP contribution in [0.25, 0.3) is 32.2 Å². The number of carbonyl (C=O) groups excluding carboxylic acids is 1. The zero-order chi connectivity index (χ0) is 34.9. The second-order valence-corrected chi connectivity index (χ2v) is 14.9. The van der Waals surface area contributed by atoms with Crippen molar-refractivity contribution in [2.75, 3.05) is 63.1 Å². The van der Waals surface area contributed by atoms with Crippen molar-refractivity contribution < 1.29 is 27.1 Å². The van der Waals surface area contributed by atoms with Gasteiger partial charge < -0.3 is 25.2 Å². The van der Waals surface area contributed by atoms with Crippen LogP contribution in [-0.2, 0) is 0 Å². The lowest BCUT2D eigenvalue weighted by atomic mass is 9.95. The van der Waals surface area contributed by atoms with Gasteiger partial charge in [0.15, 0.2) is 10.9 Å². The number of hydrogen-bond donors (Lipinski definition) is 1. The number of hydrogen-bond acceptors (Lipinski definition) is 10. The van der Waals surface area contributed by atoms with Gasteiger partial charge >= 0.3 is 12.0 Å². The van der Waals surface area contributed by atoms with E-state index in [2.05, 4.69) is 19.9 Å². The van der Waals surface area contributed by atoms with Gasteiger partial charge in [0.25, 0.3) is 5.92 Å². The number of benzene rings is 2. The molecule has 0 spiro atoms. The summed E-state index contributed by atoms with van der Waals surface area (Å²) in [6, 6.07) is 4.48. The molecule has 2 N–H and O–H groups in total. The number of thiazole rings is 1. The Hall–Kier alpha value is -4.20. The molecule has 0 saturated carbocycles. The van der Waals surface area contributed by atoms with Crippen LogP contribution < -0.4 is 15.4 Å². The van der Waals surface area contributed by atoms with Crippen molar-refractivity contribution in [1.82, 2.24) is 29.7 Å². The summed E-state index contributed by atoms with van der Waals surface area (Å²) in [7, 11) is 0. The number of halogens is 5. The van der Waals surface area contributed by atoms with Crippen LogP contribution in [0, 0.1) is 23.0 Å². The first-order chi connectivity index (χ1) is 24.0. The van der Waals surface area contributed by atoms with Gasteiger partial charge in [0.05, 0.1) is 39.9 Å². The van der Waals surface area contributed by atoms with Crippen molar-refractivity contribution in [2.24, 2.45) is 0 Å². The fraction of sp³-hybridized carbons (Fsp3) is 0.485. The van der Waals surface area contributed by atoms with Crippen molar-refractivity contribution in [1.29, 1.82) is 5.26 Å². The number of anilines is 2. The van der Waals surface area contributed by atoms with Crippen molar-refractivity contribution in [3.8, 4) is 23.2 Å². The van der Waals surface area contributed by atoms with Gasteiger partial charge in [-0.05, 0) is 63.4 Å². The Morgan fingerprint density at radius 1 is 1.08 bits per heavy atom. The van der Waals surface area contributed by atoms with Crippen LogP contribution in [0.4, 0.5) is 33.3 Å². The van der Waals surface area contributed by atoms with Crippen LogP contribution in [-0.4, -0.2) is 106 Å². The molecule has 4 fully saturated rings. The highest BCUT2D eigenvalue weighted by atomic mass is 35.5. The Bertz CT molecular complexity index is 2070. The molecule has 4 saturated heterocycles. The number of nitrogens with two attached hydrogens (primary N) is 1. The number of rotatable bonds is 5. The highest BCUT2D eigenvalue weighted by molar-refractivity contribution is 7.22. The van der Waals surface area contributed by atoms with E-state index in [-0.39, 0.29) is 79.5 Å². The monoisotopic (exact) mass is 729 g/mol. The van der Waals surface area contributed by atoms with Gasteiger partial charge in [0.2, 0.25) is 0 Å². The number of carbonyl (C=O) groups is 1. The standard InChI is InChI=1S/C33H32ClF4N9O2S/c34-21-13-20-25(24(36)23(21)19-3-4-22(35)27-26(19)41-29(40)50-27)42-30(49-17-32-6-1-8-46(32)9-2-7-32)43-28(20)44-11-12-45(16-33(37,38)15-44)31(48)47-10-5-18(47)14-39/h3-4,13,18H,1-2,5-12,15-17H2,(H2,40,41). The maximum Gasteiger partial charge on any atom is 0.321 e. The van der Waals surface area contributed by atoms with E-state index in [0.29, 0.717) is 13.0 Å². The number of amides is 2. The van der Waals surface area contributed by atoms with Gasteiger partial charge in [0, 0.05) is 36.1 Å². The topological polar surface area (TPSA) is 128 Å². The number of aromatic nitrogens is 3. The maximum absolute atomic E-state index is 16.9. The van der Waals surface area contributed by atoms with Gasteiger partial charge in [-0.2, -0.15) is 15.2 Å². The van der Waals surface area contributed by atoms with Gasteiger partial charge in [-0.1, -0.05) is 22.9 Å². The number of alkyl halides is 2. The predicted octanol–water partition coefficient (Wildman–Crippen LogP) is 5.90. The van der Waals surface area contributed by atoms with Crippen LogP contribution in [0.1, 0.15) is 32.1 Å². The molecule has 4 aromatic rings. The van der Waals surface area contributed by atoms with Crippen molar-refractivity contribution in [3.05, 3.63) is 34.9 Å². The molecule has 2 amide bonds. The molecule has 11 nitrogen and oxygen atoms in total. The zero-order valence-electron chi connectivity index (χ0n) is 26.8. The molecule has 0 aliphatic carbocycles. The van der Waals surface area contributed by atoms with Crippen LogP contribution in [0.5, 0.6) is 6.01 Å². The minimum absolute atomic E-state index is 0.0282. The number of nitrogen functional groups attached to an aromatic ring is 1. The molecule has 2 aromatic heterocycles. The van der Waals surface area contributed by atoms with Gasteiger partial charge in [-0.3, -0.25) is 4.90 Å². The molecule has 50 heavy (non-hydrogen) atoms. The Morgan fingerprint density at radius 2 is 1.86 bits per heavy atom. The first kappa shape index (κ1) is 33.0. The Labute approximate surface area is 293 Å². The van der Waals surface area contributed by atoms with E-state index in [4.69, 9.17) is 22.1 Å². The molecular formula is C33H32ClF4N9O2S. The normalized spacial score (nSPS) is 21.7. The van der Waals surface area contributed by atoms with Gasteiger partial charge in [0.1, 0.15) is 29.8 Å². The van der Waals surface area contributed by atoms with Gasteiger partial charge in [-0.15, -0.1) is 0 Å². The summed E-state index contributed by atoms with van der Waals surface area (Å²) in [6.07, 6.45) is 4.36. The average Bonchev–Trinajstić information content (AvgIpc) is 3.73. The van der Waals surface area contributed by atoms with E-state index in [1.54, 1.807) is 0 Å². The SMILES string of the molecule is N#CC1CCN1C(=O)N1CCN(c2nc(OCC34CCCN3CCC4)nc3c(F)c(-c4ccc(F)c5sc(N)nc45)c(Cl)cc23)CC(F)(F)C1. The highest BCUT2D eigenvalue weighted by Crippen LogP contribution is 2.44. The fourth-order valence-corrected chi connectivity index (χ4v) is 8.91. The molecule has 1 atom stereocenters. The van der Waals surface area contributed by atoms with E-state index in [1.807, 2.05) is 6.07 Å². The number of likely N-dealkylation sites (tertiary alicyclic amines) is 1. The summed E-state index contributed by atoms with van der Waals surface area (Å²) in [5.41, 5.74) is 5.65. The lowest BCUT2D eigenvalue weighted by molar-refractivity contribution is -0.0131. The van der Waals surface area contributed by atoms with E-state index >= 15 is 13.2 Å². The van der Waals surface area contributed by atoms with Crippen LogP contribution in [0.15, 0.2) is 18.2 Å². The van der Waals surface area contributed by atoms with Gasteiger partial charge in [-0.25, -0.2) is 27.3 Å². The van der Waals surface area contributed by atoms with Crippen molar-refractivity contribution in [2.45, 2.75) is 49.6 Å². The Morgan fingerprint density at radius 3 is 2.58 bits per heavy atom. The number of nitriles is 1. The third kappa shape index (κ3) is 5.50. The molecule has 2 aromatic carbocycles. The lowest BCUT2D eigenvalue weighted by Crippen LogP contribution is -2.57. The number of urea groups is 1. The van der Waals surface area contributed by atoms with E-state index in [1.165, 1.54) is 28.0 Å².